The summed E-state index contributed by atoms with van der Waals surface area (Å²) in [6, 6.07) is 17.2. The average molecular weight is 375 g/mol. The molecule has 26 heavy (non-hydrogen) atoms. The third kappa shape index (κ3) is 6.28. The summed E-state index contributed by atoms with van der Waals surface area (Å²) in [4.78, 5) is 6.73. The van der Waals surface area contributed by atoms with E-state index in [0.717, 1.165) is 12.0 Å². The van der Waals surface area contributed by atoms with Gasteiger partial charge in [-0.3, -0.25) is 4.99 Å². The fourth-order valence-electron chi connectivity index (χ4n) is 2.40. The van der Waals surface area contributed by atoms with Gasteiger partial charge in [0.2, 0.25) is 0 Å². The lowest BCUT2D eigenvalue weighted by Gasteiger charge is -2.20. The van der Waals surface area contributed by atoms with Gasteiger partial charge in [-0.15, -0.1) is 0 Å². The van der Waals surface area contributed by atoms with Gasteiger partial charge in [0.05, 0.1) is 12.4 Å². The summed E-state index contributed by atoms with van der Waals surface area (Å²) in [5.41, 5.74) is 2.31. The zero-order chi connectivity index (χ0) is 19.0. The van der Waals surface area contributed by atoms with E-state index >= 15 is 0 Å². The zero-order valence-corrected chi connectivity index (χ0v) is 16.5. The van der Waals surface area contributed by atoms with Crippen molar-refractivity contribution in [2.24, 2.45) is 4.99 Å². The minimum absolute atomic E-state index is 0.0516. The van der Waals surface area contributed by atoms with Gasteiger partial charge in [-0.1, -0.05) is 48.0 Å². The van der Waals surface area contributed by atoms with Crippen LogP contribution in [0.5, 0.6) is 0 Å². The Kier molecular flexibility index (Phi) is 7.36. The maximum absolute atomic E-state index is 12.4. The molecule has 0 aliphatic heterocycles. The van der Waals surface area contributed by atoms with Crippen molar-refractivity contribution in [3.63, 3.8) is 0 Å². The van der Waals surface area contributed by atoms with Crippen LogP contribution in [-0.2, 0) is 16.4 Å². The summed E-state index contributed by atoms with van der Waals surface area (Å²) < 4.78 is 26.2. The molecule has 1 atom stereocenters. The average Bonchev–Trinajstić information content (AvgIpc) is 2.64. The number of hydrogen-bond acceptors (Lipinski definition) is 3. The predicted octanol–water partition coefficient (Wildman–Crippen LogP) is 1.84. The van der Waals surface area contributed by atoms with Gasteiger partial charge in [0, 0.05) is 13.6 Å². The second-order valence-corrected chi connectivity index (χ2v) is 8.43. The molecule has 2 aromatic carbocycles. The molecule has 140 valence electrons. The highest BCUT2D eigenvalue weighted by atomic mass is 32.2. The van der Waals surface area contributed by atoms with Gasteiger partial charge in [0.1, 0.15) is 11.4 Å². The van der Waals surface area contributed by atoms with E-state index in [-0.39, 0.29) is 6.04 Å². The zero-order valence-electron chi connectivity index (χ0n) is 15.7. The summed E-state index contributed by atoms with van der Waals surface area (Å²) in [6.45, 7) is 5.09. The Bertz CT molecular complexity index is 803. The van der Waals surface area contributed by atoms with Crippen molar-refractivity contribution in [3.8, 4) is 0 Å². The van der Waals surface area contributed by atoms with Crippen LogP contribution in [0.2, 0.25) is 0 Å². The molecule has 0 spiro atoms. The number of likely N-dealkylation sites (N-methyl/N-ethyl adjacent to an activating group) is 1. The van der Waals surface area contributed by atoms with Crippen LogP contribution in [-0.4, -0.2) is 45.8 Å². The van der Waals surface area contributed by atoms with Crippen LogP contribution in [0.4, 0.5) is 0 Å². The molecule has 0 aromatic heterocycles. The van der Waals surface area contributed by atoms with Crippen molar-refractivity contribution in [2.75, 3.05) is 20.1 Å². The largest absolute Gasteiger partial charge is 0.358 e. The number of quaternary nitrogens is 1. The summed E-state index contributed by atoms with van der Waals surface area (Å²) in [5.74, 6) is 0. The van der Waals surface area contributed by atoms with E-state index in [4.69, 9.17) is 0 Å². The van der Waals surface area contributed by atoms with Crippen LogP contribution in [0, 0.1) is 6.92 Å². The molecule has 0 saturated heterocycles. The second-order valence-electron chi connectivity index (χ2n) is 6.53. The minimum Gasteiger partial charge on any atom is -0.358 e. The molecular weight excluding hydrogens is 346 g/mol. The maximum Gasteiger partial charge on any atom is 0.324 e. The van der Waals surface area contributed by atoms with Crippen LogP contribution in [0.3, 0.4) is 0 Å². The maximum atomic E-state index is 12.4. The first-order valence-electron chi connectivity index (χ1n) is 8.79. The number of aryl methyl sites for hydroxylation is 1. The van der Waals surface area contributed by atoms with Gasteiger partial charge in [-0.05, 0) is 38.0 Å². The summed E-state index contributed by atoms with van der Waals surface area (Å²) in [5, 5.41) is 0. The number of primary sulfonamides is 1. The van der Waals surface area contributed by atoms with Crippen molar-refractivity contribution >= 4 is 16.4 Å². The van der Waals surface area contributed by atoms with Crippen LogP contribution in [0.15, 0.2) is 64.5 Å². The van der Waals surface area contributed by atoms with Gasteiger partial charge in [-0.25, -0.2) is 4.72 Å². The molecule has 1 unspecified atom stereocenters. The topological polar surface area (TPSA) is 66.3 Å². The van der Waals surface area contributed by atoms with E-state index in [0.29, 0.717) is 18.0 Å². The number of hydrogen-bond donors (Lipinski definition) is 1. The number of nitrogens with two attached hydrogens (primary N) is 1. The molecule has 0 aliphatic rings. The Morgan fingerprint density at radius 1 is 1.12 bits per heavy atom. The van der Waals surface area contributed by atoms with Gasteiger partial charge in [-0.2, -0.15) is 8.42 Å². The quantitative estimate of drug-likeness (QED) is 0.538. The lowest BCUT2D eigenvalue weighted by Crippen LogP contribution is -2.89. The first-order valence-corrected chi connectivity index (χ1v) is 10.3. The molecule has 0 heterocycles. The lowest BCUT2D eigenvalue weighted by atomic mass is 10.2. The Morgan fingerprint density at radius 2 is 1.77 bits per heavy atom. The third-order valence-electron chi connectivity index (χ3n) is 4.34. The summed E-state index contributed by atoms with van der Waals surface area (Å²) in [7, 11) is -1.44. The Labute approximate surface area is 156 Å². The highest BCUT2D eigenvalue weighted by molar-refractivity contribution is 7.84. The molecule has 6 heteroatoms. The predicted molar refractivity (Wildman–Crippen MR) is 106 cm³/mol. The van der Waals surface area contributed by atoms with E-state index in [1.165, 1.54) is 10.3 Å². The number of sulfonamides is 1. The fraction of sp³-hybridized carbons (Fsp3) is 0.350. The van der Waals surface area contributed by atoms with Crippen LogP contribution >= 0.6 is 0 Å². The van der Waals surface area contributed by atoms with Crippen molar-refractivity contribution in [3.05, 3.63) is 65.7 Å². The van der Waals surface area contributed by atoms with Crippen LogP contribution in [0.25, 0.3) is 0 Å². The highest BCUT2D eigenvalue weighted by Gasteiger charge is 2.19. The molecule has 0 bridgehead atoms. The van der Waals surface area contributed by atoms with Crippen LogP contribution < -0.4 is 4.72 Å². The van der Waals surface area contributed by atoms with Crippen LogP contribution in [0.1, 0.15) is 18.1 Å². The van der Waals surface area contributed by atoms with Crippen molar-refractivity contribution in [2.45, 2.75) is 31.2 Å². The first-order chi connectivity index (χ1) is 12.4. The van der Waals surface area contributed by atoms with Crippen molar-refractivity contribution in [1.82, 2.24) is 4.90 Å². The molecule has 5 nitrogen and oxygen atoms in total. The SMILES string of the molecule is Cc1ccc(S(=O)(=O)[NH2+]CC(C)N(C)C=NCCc2ccccc2)cc1. The fourth-order valence-corrected chi connectivity index (χ4v) is 3.63. The number of aliphatic imine (C=N–C) groups is 1. The monoisotopic (exact) mass is 374 g/mol. The van der Waals surface area contributed by atoms with E-state index in [1.54, 1.807) is 18.5 Å². The number of benzene rings is 2. The molecule has 2 aromatic rings. The summed E-state index contributed by atoms with van der Waals surface area (Å²) >= 11 is 0. The molecule has 0 aliphatic carbocycles. The smallest absolute Gasteiger partial charge is 0.324 e. The van der Waals surface area contributed by atoms with Gasteiger partial charge >= 0.3 is 10.0 Å². The molecule has 2 rings (SSSR count). The summed E-state index contributed by atoms with van der Waals surface area (Å²) in [6.07, 6.45) is 2.69. The van der Waals surface area contributed by atoms with Crippen molar-refractivity contribution in [1.29, 1.82) is 0 Å². The van der Waals surface area contributed by atoms with Gasteiger partial charge in [0.25, 0.3) is 0 Å². The van der Waals surface area contributed by atoms with E-state index in [2.05, 4.69) is 17.1 Å². The molecular formula is C20H28N3O2S+. The van der Waals surface area contributed by atoms with Crippen molar-refractivity contribution < 1.29 is 13.1 Å². The lowest BCUT2D eigenvalue weighted by molar-refractivity contribution is -0.501. The molecule has 0 fully saturated rings. The standard InChI is InChI=1S/C20H27N3O2S/c1-17-9-11-20(12-10-17)26(24,25)22-15-18(2)23(3)16-21-14-13-19-7-5-4-6-8-19/h4-12,16,18,22H,13-15H2,1-3H3/p+1. The van der Waals surface area contributed by atoms with Gasteiger partial charge in [0.15, 0.2) is 0 Å². The molecule has 0 radical (unpaired) electrons. The Balaban J connectivity index is 1.79. The van der Waals surface area contributed by atoms with E-state index in [9.17, 15) is 8.42 Å². The Morgan fingerprint density at radius 3 is 2.42 bits per heavy atom. The molecule has 0 amide bonds. The number of rotatable bonds is 9. The first kappa shape index (κ1) is 20.1. The molecule has 2 N–H and O–H groups in total. The third-order valence-corrected chi connectivity index (χ3v) is 5.90. The minimum atomic E-state index is -3.36. The highest BCUT2D eigenvalue weighted by Crippen LogP contribution is 2.07. The van der Waals surface area contributed by atoms with Gasteiger partial charge < -0.3 is 4.90 Å². The molecule has 0 saturated carbocycles. The normalized spacial score (nSPS) is 13.0. The van der Waals surface area contributed by atoms with E-state index < -0.39 is 10.0 Å². The Hall–Kier alpha value is -2.18. The number of nitrogens with zero attached hydrogens (tertiary/aromatic N) is 2. The second kappa shape index (κ2) is 9.50. The van der Waals surface area contributed by atoms with E-state index in [1.807, 2.05) is 56.1 Å².